The van der Waals surface area contributed by atoms with Crippen molar-refractivity contribution in [3.05, 3.63) is 63.4 Å². The smallest absolute Gasteiger partial charge is 0.186 e. The summed E-state index contributed by atoms with van der Waals surface area (Å²) in [6.07, 6.45) is 3.52. The van der Waals surface area contributed by atoms with E-state index in [0.29, 0.717) is 0 Å². The van der Waals surface area contributed by atoms with Crippen molar-refractivity contribution in [2.24, 2.45) is 0 Å². The number of benzene rings is 1. The van der Waals surface area contributed by atoms with Crippen LogP contribution in [0.25, 0.3) is 6.08 Å². The molecule has 1 aromatic heterocycles. The van der Waals surface area contributed by atoms with Crippen LogP contribution in [0.2, 0.25) is 0 Å². The summed E-state index contributed by atoms with van der Waals surface area (Å²) in [4.78, 5) is 13.1. The van der Waals surface area contributed by atoms with Crippen LogP contribution in [0, 0.1) is 13.8 Å². The SMILES string of the molecule is Cc1ccc(C)c(C(=O)/C=C/c2cccs2)c1. The van der Waals surface area contributed by atoms with E-state index in [1.807, 2.05) is 55.6 Å². The van der Waals surface area contributed by atoms with Crippen molar-refractivity contribution in [1.29, 1.82) is 0 Å². The molecule has 0 fully saturated rings. The van der Waals surface area contributed by atoms with E-state index in [4.69, 9.17) is 0 Å². The molecular formula is C15H14OS. The van der Waals surface area contributed by atoms with E-state index >= 15 is 0 Å². The van der Waals surface area contributed by atoms with Crippen molar-refractivity contribution >= 4 is 23.2 Å². The Labute approximate surface area is 105 Å². The monoisotopic (exact) mass is 242 g/mol. The van der Waals surface area contributed by atoms with Crippen LogP contribution in [0.1, 0.15) is 26.4 Å². The van der Waals surface area contributed by atoms with Crippen molar-refractivity contribution in [1.82, 2.24) is 0 Å². The van der Waals surface area contributed by atoms with Crippen molar-refractivity contribution in [3.63, 3.8) is 0 Å². The van der Waals surface area contributed by atoms with E-state index in [1.54, 1.807) is 17.4 Å². The van der Waals surface area contributed by atoms with Crippen LogP contribution in [-0.4, -0.2) is 5.78 Å². The third-order valence-corrected chi connectivity index (χ3v) is 3.44. The molecule has 0 aliphatic heterocycles. The Morgan fingerprint density at radius 2 is 2.06 bits per heavy atom. The topological polar surface area (TPSA) is 17.1 Å². The molecule has 17 heavy (non-hydrogen) atoms. The van der Waals surface area contributed by atoms with Gasteiger partial charge in [0.15, 0.2) is 5.78 Å². The van der Waals surface area contributed by atoms with E-state index in [9.17, 15) is 4.79 Å². The molecule has 0 atom stereocenters. The minimum atomic E-state index is 0.0691. The minimum absolute atomic E-state index is 0.0691. The first-order valence-corrected chi connectivity index (χ1v) is 6.38. The third-order valence-electron chi connectivity index (χ3n) is 2.60. The maximum absolute atomic E-state index is 12.0. The number of allylic oxidation sites excluding steroid dienone is 1. The molecule has 0 saturated carbocycles. The lowest BCUT2D eigenvalue weighted by molar-refractivity contribution is 0.104. The summed E-state index contributed by atoms with van der Waals surface area (Å²) in [5.74, 6) is 0.0691. The van der Waals surface area contributed by atoms with Crippen molar-refractivity contribution in [2.75, 3.05) is 0 Å². The second-order valence-electron chi connectivity index (χ2n) is 4.03. The lowest BCUT2D eigenvalue weighted by Gasteiger charge is -2.02. The molecule has 86 valence electrons. The zero-order chi connectivity index (χ0) is 12.3. The van der Waals surface area contributed by atoms with Gasteiger partial charge in [-0.1, -0.05) is 23.8 Å². The molecule has 1 nitrogen and oxygen atoms in total. The molecule has 0 aliphatic carbocycles. The van der Waals surface area contributed by atoms with E-state index < -0.39 is 0 Å². The fraction of sp³-hybridized carbons (Fsp3) is 0.133. The highest BCUT2D eigenvalue weighted by atomic mass is 32.1. The Morgan fingerprint density at radius 3 is 2.76 bits per heavy atom. The predicted octanol–water partition coefficient (Wildman–Crippen LogP) is 4.26. The number of carbonyl (C=O) groups excluding carboxylic acids is 1. The number of ketones is 1. The van der Waals surface area contributed by atoms with Crippen LogP contribution in [0.5, 0.6) is 0 Å². The molecule has 0 saturated heterocycles. The fourth-order valence-electron chi connectivity index (χ4n) is 1.63. The number of carbonyl (C=O) groups is 1. The first-order chi connectivity index (χ1) is 8.16. The largest absolute Gasteiger partial charge is 0.289 e. The molecule has 1 heterocycles. The molecule has 2 aromatic rings. The molecule has 0 aliphatic rings. The van der Waals surface area contributed by atoms with Gasteiger partial charge in [-0.05, 0) is 49.1 Å². The second-order valence-corrected chi connectivity index (χ2v) is 5.01. The molecule has 2 heteroatoms. The molecule has 0 amide bonds. The van der Waals surface area contributed by atoms with E-state index in [0.717, 1.165) is 21.6 Å². The standard InChI is InChI=1S/C15H14OS/c1-11-5-6-12(2)14(10-11)15(16)8-7-13-4-3-9-17-13/h3-10H,1-2H3/b8-7+. The van der Waals surface area contributed by atoms with Gasteiger partial charge in [0.25, 0.3) is 0 Å². The summed E-state index contributed by atoms with van der Waals surface area (Å²) < 4.78 is 0. The molecule has 2 rings (SSSR count). The van der Waals surface area contributed by atoms with Crippen LogP contribution >= 0.6 is 11.3 Å². The number of hydrogen-bond donors (Lipinski definition) is 0. The average molecular weight is 242 g/mol. The van der Waals surface area contributed by atoms with E-state index in [-0.39, 0.29) is 5.78 Å². The van der Waals surface area contributed by atoms with Crippen LogP contribution in [0.3, 0.4) is 0 Å². The van der Waals surface area contributed by atoms with E-state index in [1.165, 1.54) is 0 Å². The van der Waals surface area contributed by atoms with Crippen LogP contribution < -0.4 is 0 Å². The quantitative estimate of drug-likeness (QED) is 0.580. The Morgan fingerprint density at radius 1 is 1.24 bits per heavy atom. The lowest BCUT2D eigenvalue weighted by atomic mass is 10.0. The molecule has 1 aromatic carbocycles. The average Bonchev–Trinajstić information content (AvgIpc) is 2.82. The number of hydrogen-bond acceptors (Lipinski definition) is 2. The molecule has 0 radical (unpaired) electrons. The highest BCUT2D eigenvalue weighted by molar-refractivity contribution is 7.10. The Kier molecular flexibility index (Phi) is 3.55. The molecular weight excluding hydrogens is 228 g/mol. The zero-order valence-electron chi connectivity index (χ0n) is 9.94. The minimum Gasteiger partial charge on any atom is -0.289 e. The van der Waals surface area contributed by atoms with Gasteiger partial charge in [0, 0.05) is 10.4 Å². The Balaban J connectivity index is 2.23. The van der Waals surface area contributed by atoms with Gasteiger partial charge in [0.1, 0.15) is 0 Å². The lowest BCUT2D eigenvalue weighted by Crippen LogP contribution is -1.98. The van der Waals surface area contributed by atoms with Gasteiger partial charge in [0.05, 0.1) is 0 Å². The zero-order valence-corrected chi connectivity index (χ0v) is 10.8. The predicted molar refractivity (Wildman–Crippen MR) is 73.6 cm³/mol. The summed E-state index contributed by atoms with van der Waals surface area (Å²) in [5, 5.41) is 2.00. The highest BCUT2D eigenvalue weighted by Gasteiger charge is 2.05. The van der Waals surface area contributed by atoms with Gasteiger partial charge in [-0.3, -0.25) is 4.79 Å². The summed E-state index contributed by atoms with van der Waals surface area (Å²) in [6.45, 7) is 3.96. The second kappa shape index (κ2) is 5.11. The normalized spacial score (nSPS) is 10.9. The molecule has 0 N–H and O–H groups in total. The summed E-state index contributed by atoms with van der Waals surface area (Å²) in [6, 6.07) is 9.93. The van der Waals surface area contributed by atoms with E-state index in [2.05, 4.69) is 0 Å². The third kappa shape index (κ3) is 2.92. The van der Waals surface area contributed by atoms with Crippen LogP contribution in [0.15, 0.2) is 41.8 Å². The maximum atomic E-state index is 12.0. The van der Waals surface area contributed by atoms with Gasteiger partial charge >= 0.3 is 0 Å². The summed E-state index contributed by atoms with van der Waals surface area (Å²) >= 11 is 1.63. The number of aryl methyl sites for hydroxylation is 2. The maximum Gasteiger partial charge on any atom is 0.186 e. The summed E-state index contributed by atoms with van der Waals surface area (Å²) in [5.41, 5.74) is 2.93. The Bertz CT molecular complexity index is 550. The number of rotatable bonds is 3. The van der Waals surface area contributed by atoms with Crippen LogP contribution in [-0.2, 0) is 0 Å². The first kappa shape index (κ1) is 11.8. The summed E-state index contributed by atoms with van der Waals surface area (Å²) in [7, 11) is 0. The van der Waals surface area contributed by atoms with Gasteiger partial charge in [-0.25, -0.2) is 0 Å². The Hall–Kier alpha value is -1.67. The van der Waals surface area contributed by atoms with Gasteiger partial charge < -0.3 is 0 Å². The fourth-order valence-corrected chi connectivity index (χ4v) is 2.25. The first-order valence-electron chi connectivity index (χ1n) is 5.50. The van der Waals surface area contributed by atoms with Crippen LogP contribution in [0.4, 0.5) is 0 Å². The van der Waals surface area contributed by atoms with Gasteiger partial charge in [-0.2, -0.15) is 0 Å². The van der Waals surface area contributed by atoms with Gasteiger partial charge in [-0.15, -0.1) is 11.3 Å². The van der Waals surface area contributed by atoms with Gasteiger partial charge in [0.2, 0.25) is 0 Å². The number of thiophene rings is 1. The molecule has 0 bridgehead atoms. The highest BCUT2D eigenvalue weighted by Crippen LogP contribution is 2.14. The molecule has 0 unspecified atom stereocenters. The van der Waals surface area contributed by atoms with Crippen molar-refractivity contribution in [2.45, 2.75) is 13.8 Å². The van der Waals surface area contributed by atoms with Crippen molar-refractivity contribution < 1.29 is 4.79 Å². The van der Waals surface area contributed by atoms with Crippen molar-refractivity contribution in [3.8, 4) is 0 Å². The molecule has 0 spiro atoms.